The molecule has 0 atom stereocenters. The first-order chi connectivity index (χ1) is 16.2. The normalized spacial score (nSPS) is 11.9. The first-order valence-electron chi connectivity index (χ1n) is 10.7. The first-order valence-corrected chi connectivity index (χ1v) is 13.4. The van der Waals surface area contributed by atoms with E-state index in [2.05, 4.69) is 30.8 Å². The molecule has 3 aromatic heterocycles. The molecule has 4 aromatic rings. The topological polar surface area (TPSA) is 138 Å². The summed E-state index contributed by atoms with van der Waals surface area (Å²) in [5.74, 6) is 0.188. The van der Waals surface area contributed by atoms with Crippen LogP contribution in [-0.2, 0) is 21.2 Å². The number of imidazole rings is 1. The molecule has 0 fully saturated rings. The summed E-state index contributed by atoms with van der Waals surface area (Å²) in [7, 11) is -3.21. The van der Waals surface area contributed by atoms with Crippen molar-refractivity contribution in [3.63, 3.8) is 0 Å². The molecule has 3 heterocycles. The van der Waals surface area contributed by atoms with E-state index in [9.17, 15) is 13.2 Å². The molecule has 0 bridgehead atoms. The molecule has 4 rings (SSSR count). The lowest BCUT2D eigenvalue weighted by atomic mass is 10.1. The number of aliphatic hydroxyl groups excluding tert-OH is 1. The van der Waals surface area contributed by atoms with Crippen LogP contribution in [0.4, 0.5) is 5.82 Å². The Bertz CT molecular complexity index is 1440. The Morgan fingerprint density at radius 1 is 1.21 bits per heavy atom. The number of aryl methyl sites for hydroxylation is 1. The van der Waals surface area contributed by atoms with Gasteiger partial charge in [-0.3, -0.25) is 9.20 Å². The summed E-state index contributed by atoms with van der Waals surface area (Å²) in [6, 6.07) is 10.1. The third-order valence-corrected chi connectivity index (χ3v) is 7.04. The average Bonchev–Trinajstić information content (AvgIpc) is 3.39. The van der Waals surface area contributed by atoms with Crippen LogP contribution in [0.3, 0.4) is 0 Å². The summed E-state index contributed by atoms with van der Waals surface area (Å²) in [4.78, 5) is 22.5. The van der Waals surface area contributed by atoms with Crippen molar-refractivity contribution in [2.45, 2.75) is 13.3 Å². The minimum absolute atomic E-state index is 0.346. The monoisotopic (exact) mass is 502 g/mol. The maximum atomic E-state index is 11.3. The van der Waals surface area contributed by atoms with E-state index >= 15 is 0 Å². The zero-order chi connectivity index (χ0) is 24.3. The molecule has 0 saturated heterocycles. The second-order valence-electron chi connectivity index (χ2n) is 7.87. The predicted octanol–water partition coefficient (Wildman–Crippen LogP) is 1.53. The molecule has 180 valence electrons. The van der Waals surface area contributed by atoms with Gasteiger partial charge in [-0.1, -0.05) is 24.3 Å². The highest BCUT2D eigenvalue weighted by Crippen LogP contribution is 2.35. The molecule has 1 amide bonds. The van der Waals surface area contributed by atoms with Crippen molar-refractivity contribution in [1.29, 1.82) is 0 Å². The number of nitrogens with one attached hydrogen (secondary N) is 3. The molecule has 1 aromatic carbocycles. The fourth-order valence-corrected chi connectivity index (χ4v) is 5.23. The summed E-state index contributed by atoms with van der Waals surface area (Å²) >= 11 is 1.62. The Morgan fingerprint density at radius 2 is 2.03 bits per heavy atom. The van der Waals surface area contributed by atoms with Gasteiger partial charge in [-0.25, -0.2) is 23.1 Å². The van der Waals surface area contributed by atoms with Gasteiger partial charge in [0.2, 0.25) is 15.9 Å². The van der Waals surface area contributed by atoms with E-state index in [1.165, 1.54) is 0 Å². The third kappa shape index (κ3) is 5.53. The number of benzene rings is 1. The number of aromatic nitrogens is 3. The van der Waals surface area contributed by atoms with Crippen LogP contribution in [0.15, 0.2) is 36.5 Å². The number of amides is 1. The summed E-state index contributed by atoms with van der Waals surface area (Å²) in [6.07, 6.45) is 3.54. The highest BCUT2D eigenvalue weighted by Gasteiger charge is 2.15. The van der Waals surface area contributed by atoms with Gasteiger partial charge >= 0.3 is 0 Å². The van der Waals surface area contributed by atoms with Gasteiger partial charge in [0.1, 0.15) is 17.0 Å². The Hall–Kier alpha value is -3.06. The number of carbonyl (C=O) groups is 1. The maximum Gasteiger partial charge on any atom is 0.245 e. The number of nitrogens with zero attached hydrogens (tertiary/aromatic N) is 3. The van der Waals surface area contributed by atoms with Crippen LogP contribution in [0.1, 0.15) is 11.3 Å². The van der Waals surface area contributed by atoms with Crippen molar-refractivity contribution < 1.29 is 18.3 Å². The van der Waals surface area contributed by atoms with Gasteiger partial charge < -0.3 is 15.7 Å². The zero-order valence-electron chi connectivity index (χ0n) is 18.8. The van der Waals surface area contributed by atoms with E-state index in [-0.39, 0.29) is 0 Å². The average molecular weight is 503 g/mol. The van der Waals surface area contributed by atoms with Crippen LogP contribution >= 0.6 is 11.3 Å². The number of hydrogen-bond donors (Lipinski definition) is 4. The fourth-order valence-electron chi connectivity index (χ4n) is 3.60. The molecule has 0 aliphatic carbocycles. The summed E-state index contributed by atoms with van der Waals surface area (Å²) in [6.45, 7) is 2.58. The van der Waals surface area contributed by atoms with Crippen LogP contribution in [0.25, 0.3) is 26.4 Å². The number of carbonyl (C=O) groups excluding carboxylic acids is 1. The van der Waals surface area contributed by atoms with Crippen molar-refractivity contribution in [3.8, 4) is 10.4 Å². The molecule has 0 saturated carbocycles. The molecule has 12 heteroatoms. The molecule has 34 heavy (non-hydrogen) atoms. The Kier molecular flexibility index (Phi) is 7.12. The van der Waals surface area contributed by atoms with Crippen molar-refractivity contribution in [2.75, 3.05) is 37.8 Å². The van der Waals surface area contributed by atoms with Gasteiger partial charge in [-0.05, 0) is 30.5 Å². The van der Waals surface area contributed by atoms with Gasteiger partial charge in [0.25, 0.3) is 0 Å². The summed E-state index contributed by atoms with van der Waals surface area (Å²) in [5.41, 5.74) is 4.57. The van der Waals surface area contributed by atoms with E-state index < -0.39 is 22.5 Å². The number of thiophene rings is 1. The Labute approximate surface area is 201 Å². The van der Waals surface area contributed by atoms with Crippen LogP contribution < -0.4 is 15.4 Å². The lowest BCUT2D eigenvalue weighted by Gasteiger charge is -2.09. The molecule has 0 unspecified atom stereocenters. The lowest BCUT2D eigenvalue weighted by molar-refractivity contribution is -0.123. The van der Waals surface area contributed by atoms with Crippen LogP contribution in [0.2, 0.25) is 0 Å². The number of hydrogen-bond acceptors (Lipinski definition) is 8. The van der Waals surface area contributed by atoms with Crippen LogP contribution in [0.5, 0.6) is 0 Å². The summed E-state index contributed by atoms with van der Waals surface area (Å²) < 4.78 is 27.2. The second-order valence-corrected chi connectivity index (χ2v) is 10.7. The smallest absolute Gasteiger partial charge is 0.245 e. The third-order valence-electron chi connectivity index (χ3n) is 5.15. The van der Waals surface area contributed by atoms with E-state index in [0.29, 0.717) is 37.5 Å². The van der Waals surface area contributed by atoms with Crippen molar-refractivity contribution in [2.24, 2.45) is 0 Å². The lowest BCUT2D eigenvalue weighted by Crippen LogP contribution is -2.31. The summed E-state index contributed by atoms with van der Waals surface area (Å²) in [5, 5.41) is 14.6. The quantitative estimate of drug-likeness (QED) is 0.241. The number of rotatable bonds is 10. The van der Waals surface area contributed by atoms with E-state index in [1.807, 2.05) is 31.2 Å². The molecule has 4 N–H and O–H groups in total. The van der Waals surface area contributed by atoms with Crippen molar-refractivity contribution in [3.05, 3.63) is 47.8 Å². The number of sulfonamides is 1. The highest BCUT2D eigenvalue weighted by atomic mass is 32.2. The van der Waals surface area contributed by atoms with Gasteiger partial charge in [-0.15, -0.1) is 11.3 Å². The Balaban J connectivity index is 1.61. The van der Waals surface area contributed by atoms with E-state index in [1.54, 1.807) is 17.5 Å². The number of fused-ring (bicyclic) bond motifs is 3. The largest absolute Gasteiger partial charge is 0.387 e. The Morgan fingerprint density at radius 3 is 2.79 bits per heavy atom. The molecular formula is C22H26N6O4S2. The van der Waals surface area contributed by atoms with Crippen molar-refractivity contribution >= 4 is 49.1 Å². The minimum Gasteiger partial charge on any atom is -0.387 e. The maximum absolute atomic E-state index is 11.3. The molecule has 0 aliphatic rings. The highest BCUT2D eigenvalue weighted by molar-refractivity contribution is 7.88. The first kappa shape index (κ1) is 24.1. The van der Waals surface area contributed by atoms with Gasteiger partial charge in [-0.2, -0.15) is 0 Å². The molecule has 0 spiro atoms. The van der Waals surface area contributed by atoms with Gasteiger partial charge in [0.15, 0.2) is 11.5 Å². The molecule has 10 nitrogen and oxygen atoms in total. The fraction of sp³-hybridized carbons (Fsp3) is 0.318. The number of anilines is 1. The second kappa shape index (κ2) is 10.1. The SMILES string of the molecule is Cc1cnc2c(NCCNC(=O)CO)nc3cc(-c4cccc(CCNS(C)(=O)=O)c4)sc3n12. The van der Waals surface area contributed by atoms with E-state index in [0.717, 1.165) is 38.3 Å². The molecular weight excluding hydrogens is 476 g/mol. The molecule has 0 radical (unpaired) electrons. The standard InChI is InChI=1S/C22H26N6O4S2/c1-14-12-25-21-20(24-9-8-23-19(30)13-29)27-17-11-18(33-22(17)28(14)21)16-5-3-4-15(10-16)6-7-26-34(2,31)32/h3-5,10-12,26,29H,6-9,13H2,1-2H3,(H,23,30)(H,24,27). The minimum atomic E-state index is -3.21. The van der Waals surface area contributed by atoms with Gasteiger partial charge in [0, 0.05) is 36.4 Å². The van der Waals surface area contributed by atoms with E-state index in [4.69, 9.17) is 10.1 Å². The van der Waals surface area contributed by atoms with Gasteiger partial charge in [0.05, 0.1) is 6.26 Å². The predicted molar refractivity (Wildman–Crippen MR) is 134 cm³/mol. The van der Waals surface area contributed by atoms with Crippen LogP contribution in [-0.4, -0.2) is 66.3 Å². The molecule has 0 aliphatic heterocycles. The number of aliphatic hydroxyl groups is 1. The van der Waals surface area contributed by atoms with Crippen molar-refractivity contribution in [1.82, 2.24) is 24.4 Å². The zero-order valence-corrected chi connectivity index (χ0v) is 20.5. The van der Waals surface area contributed by atoms with Crippen LogP contribution in [0, 0.1) is 6.92 Å².